The summed E-state index contributed by atoms with van der Waals surface area (Å²) in [7, 11) is 0. The molecule has 0 spiro atoms. The van der Waals surface area contributed by atoms with Gasteiger partial charge < -0.3 is 5.32 Å². The minimum Gasteiger partial charge on any atom is -0.338 e. The van der Waals surface area contributed by atoms with Gasteiger partial charge in [-0.05, 0) is 25.1 Å². The van der Waals surface area contributed by atoms with Crippen LogP contribution in [0.3, 0.4) is 0 Å². The second kappa shape index (κ2) is 4.89. The van der Waals surface area contributed by atoms with E-state index >= 15 is 0 Å². The van der Waals surface area contributed by atoms with Crippen molar-refractivity contribution < 1.29 is 0 Å². The third kappa shape index (κ3) is 2.58. The minimum atomic E-state index is 0.542. The average molecular weight is 247 g/mol. The Balaban J connectivity index is 2.29. The van der Waals surface area contributed by atoms with E-state index in [1.54, 1.807) is 22.9 Å². The maximum atomic E-state index is 8.98. The van der Waals surface area contributed by atoms with Crippen molar-refractivity contribution in [3.05, 3.63) is 41.0 Å². The lowest BCUT2D eigenvalue weighted by Gasteiger charge is -2.05. The molecule has 86 valence electrons. The number of nitriles is 1. The Hall–Kier alpha value is -1.99. The molecular weight excluding hydrogens is 236 g/mol. The average Bonchev–Trinajstić information content (AvgIpc) is 2.77. The molecule has 4 nitrogen and oxygen atoms in total. The van der Waals surface area contributed by atoms with Gasteiger partial charge in [-0.25, -0.2) is 0 Å². The summed E-state index contributed by atoms with van der Waals surface area (Å²) >= 11 is 5.90. The summed E-state index contributed by atoms with van der Waals surface area (Å²) in [5.41, 5.74) is 1.21. The predicted molar refractivity (Wildman–Crippen MR) is 67.4 cm³/mol. The van der Waals surface area contributed by atoms with Crippen molar-refractivity contribution in [1.29, 1.82) is 5.26 Å². The van der Waals surface area contributed by atoms with E-state index in [4.69, 9.17) is 16.9 Å². The highest BCUT2D eigenvalue weighted by atomic mass is 35.5. The highest BCUT2D eigenvalue weighted by Crippen LogP contribution is 2.23. The van der Waals surface area contributed by atoms with Gasteiger partial charge in [-0.2, -0.15) is 10.4 Å². The van der Waals surface area contributed by atoms with Gasteiger partial charge in [-0.3, -0.25) is 4.68 Å². The summed E-state index contributed by atoms with van der Waals surface area (Å²) in [6.07, 6.45) is 1.87. The fourth-order valence-electron chi connectivity index (χ4n) is 1.46. The number of halogens is 1. The zero-order chi connectivity index (χ0) is 12.3. The van der Waals surface area contributed by atoms with E-state index in [9.17, 15) is 0 Å². The van der Waals surface area contributed by atoms with Crippen LogP contribution in [0.5, 0.6) is 0 Å². The van der Waals surface area contributed by atoms with E-state index in [1.165, 1.54) is 0 Å². The van der Waals surface area contributed by atoms with Gasteiger partial charge in [0.15, 0.2) is 5.82 Å². The quantitative estimate of drug-likeness (QED) is 0.905. The first kappa shape index (κ1) is 11.5. The van der Waals surface area contributed by atoms with Crippen LogP contribution >= 0.6 is 11.6 Å². The third-order valence-corrected chi connectivity index (χ3v) is 2.56. The molecule has 0 amide bonds. The molecule has 1 aromatic carbocycles. The van der Waals surface area contributed by atoms with E-state index in [0.29, 0.717) is 22.1 Å². The number of benzene rings is 1. The molecule has 0 fully saturated rings. The molecule has 0 aliphatic rings. The van der Waals surface area contributed by atoms with Gasteiger partial charge in [0, 0.05) is 23.8 Å². The lowest BCUT2D eigenvalue weighted by atomic mass is 10.2. The molecule has 5 heteroatoms. The topological polar surface area (TPSA) is 53.6 Å². The maximum Gasteiger partial charge on any atom is 0.152 e. The van der Waals surface area contributed by atoms with Crippen LogP contribution in [0.25, 0.3) is 0 Å². The first-order valence-electron chi connectivity index (χ1n) is 5.23. The van der Waals surface area contributed by atoms with E-state index < -0.39 is 0 Å². The Kier molecular flexibility index (Phi) is 3.31. The minimum absolute atomic E-state index is 0.542. The van der Waals surface area contributed by atoms with Crippen molar-refractivity contribution in [1.82, 2.24) is 9.78 Å². The highest BCUT2D eigenvalue weighted by Gasteiger charge is 2.05. The monoisotopic (exact) mass is 246 g/mol. The smallest absolute Gasteiger partial charge is 0.152 e. The molecule has 0 saturated heterocycles. The Labute approximate surface area is 104 Å². The molecule has 17 heavy (non-hydrogen) atoms. The zero-order valence-corrected chi connectivity index (χ0v) is 10.1. The van der Waals surface area contributed by atoms with Crippen molar-refractivity contribution in [2.75, 3.05) is 5.32 Å². The molecule has 0 aliphatic carbocycles. The third-order valence-electron chi connectivity index (χ3n) is 2.33. The van der Waals surface area contributed by atoms with Crippen LogP contribution in [0.1, 0.15) is 12.5 Å². The lowest BCUT2D eigenvalue weighted by molar-refractivity contribution is 0.662. The van der Waals surface area contributed by atoms with Gasteiger partial charge in [0.05, 0.1) is 11.3 Å². The van der Waals surface area contributed by atoms with Crippen LogP contribution in [0, 0.1) is 11.3 Å². The molecular formula is C12H11ClN4. The number of nitrogens with one attached hydrogen (secondary N) is 1. The number of nitrogens with zero attached hydrogens (tertiary/aromatic N) is 3. The molecule has 1 aromatic heterocycles. The predicted octanol–water partition coefficient (Wildman–Crippen LogP) is 3.17. The van der Waals surface area contributed by atoms with Crippen LogP contribution in [0.2, 0.25) is 5.02 Å². The Morgan fingerprint density at radius 3 is 2.94 bits per heavy atom. The van der Waals surface area contributed by atoms with E-state index in [-0.39, 0.29) is 0 Å². The number of anilines is 2. The van der Waals surface area contributed by atoms with Crippen LogP contribution in [0.15, 0.2) is 30.5 Å². The van der Waals surface area contributed by atoms with Crippen LogP contribution in [0.4, 0.5) is 11.5 Å². The number of hydrogen-bond acceptors (Lipinski definition) is 3. The number of aromatic nitrogens is 2. The zero-order valence-electron chi connectivity index (χ0n) is 9.31. The second-order valence-electron chi connectivity index (χ2n) is 3.48. The number of rotatable bonds is 3. The van der Waals surface area contributed by atoms with Crippen LogP contribution in [-0.4, -0.2) is 9.78 Å². The molecule has 0 saturated carbocycles. The van der Waals surface area contributed by atoms with Gasteiger partial charge in [-0.1, -0.05) is 11.6 Å². The van der Waals surface area contributed by atoms with Crippen molar-refractivity contribution in [3.63, 3.8) is 0 Å². The summed E-state index contributed by atoms with van der Waals surface area (Å²) in [4.78, 5) is 0. The summed E-state index contributed by atoms with van der Waals surface area (Å²) < 4.78 is 1.80. The second-order valence-corrected chi connectivity index (χ2v) is 3.92. The Bertz CT molecular complexity index is 568. The van der Waals surface area contributed by atoms with Crippen molar-refractivity contribution in [3.8, 4) is 6.07 Å². The maximum absolute atomic E-state index is 8.98. The van der Waals surface area contributed by atoms with Crippen LogP contribution in [-0.2, 0) is 6.54 Å². The van der Waals surface area contributed by atoms with Gasteiger partial charge in [0.1, 0.15) is 6.07 Å². The fourth-order valence-corrected chi connectivity index (χ4v) is 1.63. The van der Waals surface area contributed by atoms with Gasteiger partial charge in [0.25, 0.3) is 0 Å². The van der Waals surface area contributed by atoms with Crippen molar-refractivity contribution in [2.24, 2.45) is 0 Å². The summed E-state index contributed by atoms with van der Waals surface area (Å²) in [5, 5.41) is 16.9. The van der Waals surface area contributed by atoms with Crippen molar-refractivity contribution in [2.45, 2.75) is 13.5 Å². The van der Waals surface area contributed by atoms with Crippen LogP contribution < -0.4 is 5.32 Å². The summed E-state index contributed by atoms with van der Waals surface area (Å²) in [6, 6.07) is 9.05. The van der Waals surface area contributed by atoms with E-state index in [0.717, 1.165) is 6.54 Å². The molecule has 0 atom stereocenters. The molecule has 0 unspecified atom stereocenters. The first-order valence-corrected chi connectivity index (χ1v) is 5.61. The standard InChI is InChI=1S/C12H11ClN4/c1-2-17-6-5-12(16-17)15-11-7-10(13)4-3-9(11)8-14/h3-7H,2H2,1H3,(H,15,16). The highest BCUT2D eigenvalue weighted by molar-refractivity contribution is 6.30. The lowest BCUT2D eigenvalue weighted by Crippen LogP contribution is -1.98. The van der Waals surface area contributed by atoms with E-state index in [2.05, 4.69) is 16.5 Å². The normalized spacial score (nSPS) is 9.94. The molecule has 1 N–H and O–H groups in total. The largest absolute Gasteiger partial charge is 0.338 e. The summed E-state index contributed by atoms with van der Waals surface area (Å²) in [5.74, 6) is 0.700. The molecule has 1 heterocycles. The summed E-state index contributed by atoms with van der Waals surface area (Å²) in [6.45, 7) is 2.82. The number of hydrogen-bond donors (Lipinski definition) is 1. The molecule has 2 rings (SSSR count). The fraction of sp³-hybridized carbons (Fsp3) is 0.167. The van der Waals surface area contributed by atoms with Gasteiger partial charge in [-0.15, -0.1) is 0 Å². The number of aryl methyl sites for hydroxylation is 1. The van der Waals surface area contributed by atoms with Gasteiger partial charge in [0.2, 0.25) is 0 Å². The van der Waals surface area contributed by atoms with Gasteiger partial charge >= 0.3 is 0 Å². The Morgan fingerprint density at radius 2 is 2.29 bits per heavy atom. The molecule has 0 radical (unpaired) electrons. The first-order chi connectivity index (χ1) is 8.22. The molecule has 0 aliphatic heterocycles. The van der Waals surface area contributed by atoms with Crippen molar-refractivity contribution >= 4 is 23.1 Å². The SMILES string of the molecule is CCn1ccc(Nc2cc(Cl)ccc2C#N)n1. The Morgan fingerprint density at radius 1 is 1.47 bits per heavy atom. The van der Waals surface area contributed by atoms with E-state index in [1.807, 2.05) is 19.2 Å². The molecule has 2 aromatic rings. The molecule has 0 bridgehead atoms.